The fraction of sp³-hybridized carbons (Fsp3) is 0.600. The maximum atomic E-state index is 11.8. The van der Waals surface area contributed by atoms with Crippen LogP contribution in [-0.2, 0) is 4.79 Å². The number of rotatable bonds is 18. The van der Waals surface area contributed by atoms with Crippen LogP contribution in [0.15, 0.2) is 41.5 Å². The lowest BCUT2D eigenvalue weighted by atomic mass is 10.1. The van der Waals surface area contributed by atoms with E-state index in [2.05, 4.69) is 29.6 Å². The molecule has 0 aliphatic carbocycles. The number of amides is 1. The van der Waals surface area contributed by atoms with Crippen molar-refractivity contribution >= 4 is 17.8 Å². The Morgan fingerprint density at radius 1 is 0.968 bits per heavy atom. The van der Waals surface area contributed by atoms with E-state index in [1.54, 1.807) is 12.1 Å². The van der Waals surface area contributed by atoms with Crippen molar-refractivity contribution < 1.29 is 9.72 Å². The molecule has 1 aromatic carbocycles. The monoisotopic (exact) mass is 429 g/mol. The number of carbonyl (C=O) groups is 1. The summed E-state index contributed by atoms with van der Waals surface area (Å²) >= 11 is 0. The molecule has 1 N–H and O–H groups in total. The number of hydrogen-bond acceptors (Lipinski definition) is 4. The van der Waals surface area contributed by atoms with Gasteiger partial charge in [-0.15, -0.1) is 0 Å². The number of nitro groups is 1. The first kappa shape index (κ1) is 26.5. The maximum absolute atomic E-state index is 11.8. The minimum atomic E-state index is -0.456. The predicted molar refractivity (Wildman–Crippen MR) is 128 cm³/mol. The minimum absolute atomic E-state index is 0.00331. The van der Waals surface area contributed by atoms with Crippen molar-refractivity contribution in [3.63, 3.8) is 0 Å². The summed E-state index contributed by atoms with van der Waals surface area (Å²) in [6, 6.07) is 6.13. The van der Waals surface area contributed by atoms with Gasteiger partial charge in [-0.1, -0.05) is 82.6 Å². The third-order valence-corrected chi connectivity index (χ3v) is 5.15. The summed E-state index contributed by atoms with van der Waals surface area (Å²) in [6.07, 6.45) is 22.5. The van der Waals surface area contributed by atoms with E-state index >= 15 is 0 Å². The fourth-order valence-corrected chi connectivity index (χ4v) is 3.31. The Bertz CT molecular complexity index is 686. The molecule has 0 atom stereocenters. The Morgan fingerprint density at radius 3 is 2.23 bits per heavy atom. The van der Waals surface area contributed by atoms with E-state index in [1.165, 1.54) is 76.1 Å². The van der Waals surface area contributed by atoms with E-state index in [1.807, 2.05) is 0 Å². The molecule has 0 saturated heterocycles. The van der Waals surface area contributed by atoms with Crippen LogP contribution >= 0.6 is 0 Å². The van der Waals surface area contributed by atoms with Crippen molar-refractivity contribution in [2.24, 2.45) is 5.10 Å². The highest BCUT2D eigenvalue weighted by molar-refractivity contribution is 5.83. The topological polar surface area (TPSA) is 84.6 Å². The molecule has 0 bridgehead atoms. The quantitative estimate of drug-likeness (QED) is 0.0889. The molecule has 0 heterocycles. The second kappa shape index (κ2) is 18.3. The van der Waals surface area contributed by atoms with Crippen LogP contribution in [0.4, 0.5) is 5.69 Å². The number of hydrogen-bond donors (Lipinski definition) is 1. The Balaban J connectivity index is 1.96. The van der Waals surface area contributed by atoms with Crippen LogP contribution in [-0.4, -0.2) is 17.0 Å². The number of nitrogens with one attached hydrogen (secondary N) is 1. The molecule has 0 fully saturated rings. The van der Waals surface area contributed by atoms with Crippen LogP contribution in [0.3, 0.4) is 0 Å². The smallest absolute Gasteiger partial charge is 0.270 e. The zero-order valence-electron chi connectivity index (χ0n) is 19.1. The van der Waals surface area contributed by atoms with Gasteiger partial charge in [0.2, 0.25) is 5.91 Å². The highest BCUT2D eigenvalue weighted by Crippen LogP contribution is 2.12. The molecule has 172 valence electrons. The summed E-state index contributed by atoms with van der Waals surface area (Å²) in [5.74, 6) is -0.126. The van der Waals surface area contributed by atoms with E-state index in [0.29, 0.717) is 12.0 Å². The van der Waals surface area contributed by atoms with E-state index < -0.39 is 4.92 Å². The van der Waals surface area contributed by atoms with Crippen LogP contribution < -0.4 is 5.43 Å². The van der Waals surface area contributed by atoms with Gasteiger partial charge in [0, 0.05) is 24.1 Å². The van der Waals surface area contributed by atoms with Gasteiger partial charge in [0.15, 0.2) is 0 Å². The number of allylic oxidation sites excluding steroid dienone is 2. The van der Waals surface area contributed by atoms with Gasteiger partial charge in [-0.2, -0.15) is 5.10 Å². The molecular formula is C25H39N3O3. The van der Waals surface area contributed by atoms with Crippen molar-refractivity contribution in [3.8, 4) is 0 Å². The first-order chi connectivity index (χ1) is 15.1. The average molecular weight is 430 g/mol. The molecule has 6 nitrogen and oxygen atoms in total. The van der Waals surface area contributed by atoms with Gasteiger partial charge < -0.3 is 0 Å². The number of benzene rings is 1. The molecule has 31 heavy (non-hydrogen) atoms. The SMILES string of the molecule is CCCCCCCC/C=C/CCCCCCCC(=O)N/N=C\c1cccc([N+](=O)[O-])c1. The van der Waals surface area contributed by atoms with Crippen LogP contribution in [0.1, 0.15) is 102 Å². The Kier molecular flexibility index (Phi) is 15.7. The second-order valence-electron chi connectivity index (χ2n) is 7.98. The number of hydrazone groups is 1. The number of carbonyl (C=O) groups excluding carboxylic acids is 1. The third kappa shape index (κ3) is 15.0. The van der Waals surface area contributed by atoms with Gasteiger partial charge in [0.05, 0.1) is 11.1 Å². The summed E-state index contributed by atoms with van der Waals surface area (Å²) in [4.78, 5) is 22.1. The molecule has 0 saturated carbocycles. The molecule has 0 radical (unpaired) electrons. The molecule has 1 amide bonds. The summed E-state index contributed by atoms with van der Waals surface area (Å²) in [6.45, 7) is 2.25. The zero-order valence-corrected chi connectivity index (χ0v) is 19.1. The van der Waals surface area contributed by atoms with Crippen molar-refractivity contribution in [3.05, 3.63) is 52.1 Å². The molecule has 0 aliphatic heterocycles. The summed E-state index contributed by atoms with van der Waals surface area (Å²) in [7, 11) is 0. The maximum Gasteiger partial charge on any atom is 0.270 e. The highest BCUT2D eigenvalue weighted by Gasteiger charge is 2.04. The number of nitro benzene ring substituents is 1. The fourth-order valence-electron chi connectivity index (χ4n) is 3.31. The molecular weight excluding hydrogens is 390 g/mol. The molecule has 0 spiro atoms. The Morgan fingerprint density at radius 2 is 1.58 bits per heavy atom. The molecule has 1 aromatic rings. The number of unbranched alkanes of at least 4 members (excludes halogenated alkanes) is 11. The Hall–Kier alpha value is -2.50. The largest absolute Gasteiger partial charge is 0.273 e. The summed E-state index contributed by atoms with van der Waals surface area (Å²) in [5, 5.41) is 14.6. The summed E-state index contributed by atoms with van der Waals surface area (Å²) in [5.41, 5.74) is 3.06. The normalized spacial score (nSPS) is 11.4. The average Bonchev–Trinajstić information content (AvgIpc) is 2.76. The van der Waals surface area contributed by atoms with Crippen LogP contribution in [0.5, 0.6) is 0 Å². The van der Waals surface area contributed by atoms with Gasteiger partial charge >= 0.3 is 0 Å². The lowest BCUT2D eigenvalue weighted by molar-refractivity contribution is -0.384. The number of nitrogens with zero attached hydrogens (tertiary/aromatic N) is 2. The first-order valence-corrected chi connectivity index (χ1v) is 11.8. The third-order valence-electron chi connectivity index (χ3n) is 5.15. The van der Waals surface area contributed by atoms with Gasteiger partial charge in [-0.05, 0) is 32.1 Å². The highest BCUT2D eigenvalue weighted by atomic mass is 16.6. The van der Waals surface area contributed by atoms with Crippen LogP contribution in [0, 0.1) is 10.1 Å². The minimum Gasteiger partial charge on any atom is -0.273 e. The van der Waals surface area contributed by atoms with Crippen molar-refractivity contribution in [1.29, 1.82) is 0 Å². The van der Waals surface area contributed by atoms with E-state index in [9.17, 15) is 14.9 Å². The molecule has 6 heteroatoms. The van der Waals surface area contributed by atoms with Crippen LogP contribution in [0.25, 0.3) is 0 Å². The molecule has 0 aliphatic rings. The molecule has 0 aromatic heterocycles. The van der Waals surface area contributed by atoms with Gasteiger partial charge in [-0.3, -0.25) is 14.9 Å². The standard InChI is InChI=1S/C25H39N3O3/c1-2-3-4-5-6-7-8-9-10-11-12-13-14-15-16-20-25(29)27-26-22-23-18-17-19-24(21-23)28(30)31/h9-10,17-19,21-22H,2-8,11-16,20H2,1H3,(H,27,29)/b10-9+,26-22-. The number of non-ortho nitro benzene ring substituents is 1. The Labute approximate surface area is 187 Å². The summed E-state index contributed by atoms with van der Waals surface area (Å²) < 4.78 is 0. The predicted octanol–water partition coefficient (Wildman–Crippen LogP) is 7.08. The lowest BCUT2D eigenvalue weighted by Crippen LogP contribution is -2.16. The zero-order chi connectivity index (χ0) is 22.6. The second-order valence-corrected chi connectivity index (χ2v) is 7.98. The van der Waals surface area contributed by atoms with E-state index in [-0.39, 0.29) is 11.6 Å². The van der Waals surface area contributed by atoms with E-state index in [0.717, 1.165) is 25.7 Å². The molecule has 1 rings (SSSR count). The van der Waals surface area contributed by atoms with E-state index in [4.69, 9.17) is 0 Å². The van der Waals surface area contributed by atoms with Gasteiger partial charge in [-0.25, -0.2) is 5.43 Å². The van der Waals surface area contributed by atoms with Crippen molar-refractivity contribution in [2.45, 2.75) is 96.8 Å². The van der Waals surface area contributed by atoms with Gasteiger partial charge in [0.25, 0.3) is 5.69 Å². The van der Waals surface area contributed by atoms with Crippen molar-refractivity contribution in [2.75, 3.05) is 0 Å². The van der Waals surface area contributed by atoms with Crippen LogP contribution in [0.2, 0.25) is 0 Å². The molecule has 0 unspecified atom stereocenters. The van der Waals surface area contributed by atoms with Gasteiger partial charge in [0.1, 0.15) is 0 Å². The van der Waals surface area contributed by atoms with Crippen molar-refractivity contribution in [1.82, 2.24) is 5.43 Å². The first-order valence-electron chi connectivity index (χ1n) is 11.8. The lowest BCUT2D eigenvalue weighted by Gasteiger charge is -2.01.